The van der Waals surface area contributed by atoms with Gasteiger partial charge in [-0.2, -0.15) is 16.9 Å². The van der Waals surface area contributed by atoms with Crippen LogP contribution in [-0.4, -0.2) is 35.5 Å². The van der Waals surface area contributed by atoms with Crippen molar-refractivity contribution in [2.75, 3.05) is 17.3 Å². The molecule has 0 bridgehead atoms. The Kier molecular flexibility index (Phi) is 7.29. The summed E-state index contributed by atoms with van der Waals surface area (Å²) in [7, 11) is 0. The quantitative estimate of drug-likeness (QED) is 0.526. The zero-order valence-electron chi connectivity index (χ0n) is 14.1. The first-order valence-electron chi connectivity index (χ1n) is 8.17. The molecule has 1 heterocycles. The number of amides is 1. The van der Waals surface area contributed by atoms with E-state index in [9.17, 15) is 4.79 Å². The Morgan fingerprint density at radius 2 is 1.96 bits per heavy atom. The number of halogens is 1. The molecule has 0 spiro atoms. The Hall–Kier alpha value is -1.63. The molecule has 26 heavy (non-hydrogen) atoms. The van der Waals surface area contributed by atoms with Gasteiger partial charge in [-0.1, -0.05) is 23.7 Å². The maximum Gasteiger partial charge on any atom is 0.250 e. The number of hydrogen-bond acceptors (Lipinski definition) is 5. The van der Waals surface area contributed by atoms with Crippen LogP contribution >= 0.6 is 35.1 Å². The average molecular weight is 407 g/mol. The van der Waals surface area contributed by atoms with Crippen molar-refractivity contribution in [2.24, 2.45) is 5.10 Å². The third kappa shape index (κ3) is 6.27. The van der Waals surface area contributed by atoms with Gasteiger partial charge in [0.1, 0.15) is 11.9 Å². The van der Waals surface area contributed by atoms with E-state index in [-0.39, 0.29) is 5.91 Å². The number of hydrazone groups is 1. The van der Waals surface area contributed by atoms with Crippen LogP contribution in [0.3, 0.4) is 0 Å². The van der Waals surface area contributed by atoms with Crippen LogP contribution in [0.4, 0.5) is 0 Å². The number of thioether (sulfide) groups is 2. The van der Waals surface area contributed by atoms with Crippen molar-refractivity contribution in [3.05, 3.63) is 64.7 Å². The molecule has 0 unspecified atom stereocenters. The van der Waals surface area contributed by atoms with E-state index in [0.29, 0.717) is 16.9 Å². The van der Waals surface area contributed by atoms with E-state index >= 15 is 0 Å². The first-order valence-corrected chi connectivity index (χ1v) is 10.9. The highest BCUT2D eigenvalue weighted by molar-refractivity contribution is 8.00. The summed E-state index contributed by atoms with van der Waals surface area (Å²) >= 11 is 9.28. The molecule has 2 aromatic carbocycles. The number of benzene rings is 2. The number of rotatable bonds is 8. The van der Waals surface area contributed by atoms with Gasteiger partial charge in [0.25, 0.3) is 0 Å². The molecule has 0 atom stereocenters. The smallest absolute Gasteiger partial charge is 0.250 e. The monoisotopic (exact) mass is 406 g/mol. The van der Waals surface area contributed by atoms with E-state index in [2.05, 4.69) is 10.5 Å². The molecule has 136 valence electrons. The standard InChI is InChI=1S/C19H19ClN2O2S2/c20-16-5-1-15(2-6-16)10-25-13-19(23)22-21-9-14-3-7-17(8-4-14)24-18-11-26-12-18/h1-9,18H,10-13H2,(H,22,23)/b21-9+. The minimum atomic E-state index is -0.123. The van der Waals surface area contributed by atoms with Gasteiger partial charge in [-0.15, -0.1) is 11.8 Å². The van der Waals surface area contributed by atoms with Crippen molar-refractivity contribution >= 4 is 47.2 Å². The van der Waals surface area contributed by atoms with Crippen LogP contribution in [0, 0.1) is 0 Å². The lowest BCUT2D eigenvalue weighted by molar-refractivity contribution is -0.118. The van der Waals surface area contributed by atoms with Gasteiger partial charge in [0.2, 0.25) is 5.91 Å². The summed E-state index contributed by atoms with van der Waals surface area (Å²) in [6, 6.07) is 15.3. The third-order valence-corrected chi connectivity index (χ3v) is 6.08. The van der Waals surface area contributed by atoms with Crippen molar-refractivity contribution in [1.29, 1.82) is 0 Å². The van der Waals surface area contributed by atoms with Crippen molar-refractivity contribution in [2.45, 2.75) is 11.9 Å². The van der Waals surface area contributed by atoms with E-state index in [1.165, 1.54) is 11.8 Å². The second-order valence-corrected chi connectivity index (χ2v) is 8.26. The summed E-state index contributed by atoms with van der Waals surface area (Å²) in [4.78, 5) is 11.8. The average Bonchev–Trinajstić information content (AvgIpc) is 2.61. The summed E-state index contributed by atoms with van der Waals surface area (Å²) in [5.74, 6) is 3.98. The van der Waals surface area contributed by atoms with Gasteiger partial charge in [0.05, 0.1) is 12.0 Å². The molecule has 7 heteroatoms. The third-order valence-electron chi connectivity index (χ3n) is 3.61. The Balaban J connectivity index is 1.35. The number of hydrogen-bond donors (Lipinski definition) is 1. The fraction of sp³-hybridized carbons (Fsp3) is 0.263. The van der Waals surface area contributed by atoms with Gasteiger partial charge in [0, 0.05) is 22.3 Å². The lowest BCUT2D eigenvalue weighted by Gasteiger charge is -2.25. The Bertz CT molecular complexity index is 747. The van der Waals surface area contributed by atoms with Crippen LogP contribution in [0.15, 0.2) is 53.6 Å². The molecule has 2 aromatic rings. The van der Waals surface area contributed by atoms with Gasteiger partial charge in [-0.05, 0) is 47.5 Å². The molecule has 0 radical (unpaired) electrons. The fourth-order valence-corrected chi connectivity index (χ4v) is 3.63. The maximum absolute atomic E-state index is 11.8. The van der Waals surface area contributed by atoms with Gasteiger partial charge in [-0.3, -0.25) is 4.79 Å². The highest BCUT2D eigenvalue weighted by Gasteiger charge is 2.19. The first-order chi connectivity index (χ1) is 12.7. The topological polar surface area (TPSA) is 50.7 Å². The molecule has 0 aliphatic carbocycles. The first kappa shape index (κ1) is 19.1. The summed E-state index contributed by atoms with van der Waals surface area (Å²) in [6.07, 6.45) is 1.97. The summed E-state index contributed by atoms with van der Waals surface area (Å²) in [5, 5.41) is 4.71. The van der Waals surface area contributed by atoms with E-state index in [1.54, 1.807) is 6.21 Å². The molecular formula is C19H19ClN2O2S2. The largest absolute Gasteiger partial charge is 0.489 e. The van der Waals surface area contributed by atoms with Gasteiger partial charge in [-0.25, -0.2) is 5.43 Å². The van der Waals surface area contributed by atoms with Gasteiger partial charge >= 0.3 is 0 Å². The van der Waals surface area contributed by atoms with Crippen molar-refractivity contribution in [1.82, 2.24) is 5.43 Å². The second kappa shape index (κ2) is 9.90. The van der Waals surface area contributed by atoms with Crippen LogP contribution in [-0.2, 0) is 10.5 Å². The molecule has 0 aromatic heterocycles. The number of carbonyl (C=O) groups is 1. The molecule has 1 saturated heterocycles. The van der Waals surface area contributed by atoms with Crippen LogP contribution < -0.4 is 10.2 Å². The van der Waals surface area contributed by atoms with Crippen LogP contribution in [0.1, 0.15) is 11.1 Å². The van der Waals surface area contributed by atoms with E-state index < -0.39 is 0 Å². The molecule has 3 rings (SSSR count). The molecule has 1 N–H and O–H groups in total. The molecule has 1 aliphatic heterocycles. The number of nitrogens with zero attached hydrogens (tertiary/aromatic N) is 1. The normalized spacial score (nSPS) is 14.2. The minimum absolute atomic E-state index is 0.123. The molecular weight excluding hydrogens is 388 g/mol. The Labute approximate surface area is 166 Å². The van der Waals surface area contributed by atoms with Gasteiger partial charge in [0.15, 0.2) is 0 Å². The van der Waals surface area contributed by atoms with E-state index in [1.807, 2.05) is 60.3 Å². The van der Waals surface area contributed by atoms with Crippen molar-refractivity contribution in [3.8, 4) is 5.75 Å². The minimum Gasteiger partial charge on any atom is -0.489 e. The van der Waals surface area contributed by atoms with Crippen molar-refractivity contribution < 1.29 is 9.53 Å². The molecule has 4 nitrogen and oxygen atoms in total. The van der Waals surface area contributed by atoms with E-state index in [4.69, 9.17) is 16.3 Å². The zero-order valence-corrected chi connectivity index (χ0v) is 16.4. The van der Waals surface area contributed by atoms with Crippen LogP contribution in [0.5, 0.6) is 5.75 Å². The summed E-state index contributed by atoms with van der Waals surface area (Å²) in [5.41, 5.74) is 4.60. The van der Waals surface area contributed by atoms with Gasteiger partial charge < -0.3 is 4.74 Å². The lowest BCUT2D eigenvalue weighted by Crippen LogP contribution is -2.30. The fourth-order valence-electron chi connectivity index (χ4n) is 2.16. The number of ether oxygens (including phenoxy) is 1. The predicted octanol–water partition coefficient (Wildman–Crippen LogP) is 4.22. The predicted molar refractivity (Wildman–Crippen MR) is 112 cm³/mol. The summed E-state index contributed by atoms with van der Waals surface area (Å²) < 4.78 is 5.79. The number of nitrogens with one attached hydrogen (secondary N) is 1. The Morgan fingerprint density at radius 3 is 2.62 bits per heavy atom. The highest BCUT2D eigenvalue weighted by atomic mass is 35.5. The molecule has 1 aliphatic rings. The number of carbonyl (C=O) groups excluding carboxylic acids is 1. The maximum atomic E-state index is 11.8. The molecule has 0 saturated carbocycles. The SMILES string of the molecule is O=C(CSCc1ccc(Cl)cc1)N/N=C/c1ccc(OC2CSC2)cc1. The molecule has 1 amide bonds. The lowest BCUT2D eigenvalue weighted by atomic mass is 10.2. The van der Waals surface area contributed by atoms with Crippen molar-refractivity contribution in [3.63, 3.8) is 0 Å². The Morgan fingerprint density at radius 1 is 1.23 bits per heavy atom. The van der Waals surface area contributed by atoms with Crippen LogP contribution in [0.25, 0.3) is 0 Å². The van der Waals surface area contributed by atoms with Crippen LogP contribution in [0.2, 0.25) is 5.02 Å². The zero-order chi connectivity index (χ0) is 18.2. The van der Waals surface area contributed by atoms with E-state index in [0.717, 1.165) is 34.1 Å². The molecule has 1 fully saturated rings. The second-order valence-electron chi connectivity index (χ2n) is 5.76. The summed E-state index contributed by atoms with van der Waals surface area (Å²) in [6.45, 7) is 0. The highest BCUT2D eigenvalue weighted by Crippen LogP contribution is 2.23.